The molecular weight excluding hydrogens is 226 g/mol. The molecule has 0 saturated heterocycles. The molecule has 0 spiro atoms. The molecule has 0 aromatic heterocycles. The Labute approximate surface area is 110 Å². The van der Waals surface area contributed by atoms with Crippen LogP contribution in [0.3, 0.4) is 0 Å². The van der Waals surface area contributed by atoms with Crippen LogP contribution in [-0.2, 0) is 9.47 Å². The van der Waals surface area contributed by atoms with E-state index in [0.717, 1.165) is 39.3 Å². The Morgan fingerprint density at radius 3 is 2.61 bits per heavy atom. The molecule has 0 aliphatic carbocycles. The van der Waals surface area contributed by atoms with Crippen LogP contribution in [0.2, 0.25) is 0 Å². The fraction of sp³-hybridized carbons (Fsp3) is 0.600. The Morgan fingerprint density at radius 2 is 1.89 bits per heavy atom. The highest BCUT2D eigenvalue weighted by Gasteiger charge is 2.03. The van der Waals surface area contributed by atoms with Crippen molar-refractivity contribution in [2.24, 2.45) is 0 Å². The lowest BCUT2D eigenvalue weighted by molar-refractivity contribution is 0.0673. The lowest BCUT2D eigenvalue weighted by Gasteiger charge is -2.13. The van der Waals surface area contributed by atoms with E-state index >= 15 is 0 Å². The van der Waals surface area contributed by atoms with Crippen LogP contribution < -0.4 is 5.32 Å². The molecule has 1 aromatic rings. The third-order valence-electron chi connectivity index (χ3n) is 2.76. The summed E-state index contributed by atoms with van der Waals surface area (Å²) in [5.41, 5.74) is 1.23. The van der Waals surface area contributed by atoms with Gasteiger partial charge in [0.1, 0.15) is 0 Å². The summed E-state index contributed by atoms with van der Waals surface area (Å²) in [5, 5.41) is 3.35. The van der Waals surface area contributed by atoms with Crippen molar-refractivity contribution in [2.45, 2.75) is 26.4 Å². The van der Waals surface area contributed by atoms with Crippen LogP contribution in [0.25, 0.3) is 0 Å². The van der Waals surface area contributed by atoms with E-state index in [4.69, 9.17) is 9.47 Å². The number of benzene rings is 1. The smallest absolute Gasteiger partial charge is 0.0797 e. The van der Waals surface area contributed by atoms with Crippen LogP contribution >= 0.6 is 0 Å². The van der Waals surface area contributed by atoms with E-state index in [1.165, 1.54) is 5.56 Å². The van der Waals surface area contributed by atoms with Gasteiger partial charge in [-0.05, 0) is 32.4 Å². The van der Waals surface area contributed by atoms with Gasteiger partial charge in [-0.1, -0.05) is 30.3 Å². The van der Waals surface area contributed by atoms with E-state index in [1.807, 2.05) is 25.1 Å². The quantitative estimate of drug-likeness (QED) is 0.649. The molecule has 1 aromatic carbocycles. The fourth-order valence-corrected chi connectivity index (χ4v) is 1.70. The van der Waals surface area contributed by atoms with Crippen LogP contribution in [0.5, 0.6) is 0 Å². The maximum atomic E-state index is 5.76. The summed E-state index contributed by atoms with van der Waals surface area (Å²) >= 11 is 0. The Morgan fingerprint density at radius 1 is 1.11 bits per heavy atom. The summed E-state index contributed by atoms with van der Waals surface area (Å²) in [5.74, 6) is 0. The van der Waals surface area contributed by atoms with Gasteiger partial charge >= 0.3 is 0 Å². The minimum Gasteiger partial charge on any atom is -0.382 e. The third-order valence-corrected chi connectivity index (χ3v) is 2.76. The standard InChI is InChI=1S/C15H25NO2/c1-3-17-12-7-10-16-11-13-18-14(2)15-8-5-4-6-9-15/h4-6,8-9,14,16H,3,7,10-13H2,1-2H3. The van der Waals surface area contributed by atoms with E-state index in [1.54, 1.807) is 0 Å². The highest BCUT2D eigenvalue weighted by molar-refractivity contribution is 5.16. The van der Waals surface area contributed by atoms with Crippen molar-refractivity contribution >= 4 is 0 Å². The van der Waals surface area contributed by atoms with Crippen LogP contribution in [0, 0.1) is 0 Å². The van der Waals surface area contributed by atoms with E-state index in [9.17, 15) is 0 Å². The second-order valence-corrected chi connectivity index (χ2v) is 4.22. The van der Waals surface area contributed by atoms with E-state index in [2.05, 4.69) is 24.4 Å². The van der Waals surface area contributed by atoms with Gasteiger partial charge in [0.15, 0.2) is 0 Å². The monoisotopic (exact) mass is 251 g/mol. The van der Waals surface area contributed by atoms with Gasteiger partial charge in [-0.15, -0.1) is 0 Å². The first-order chi connectivity index (χ1) is 8.84. The molecular formula is C15H25NO2. The summed E-state index contributed by atoms with van der Waals surface area (Å²) in [6.45, 7) is 8.37. The van der Waals surface area contributed by atoms with Gasteiger partial charge in [0.25, 0.3) is 0 Å². The average molecular weight is 251 g/mol. The van der Waals surface area contributed by atoms with Gasteiger partial charge in [-0.25, -0.2) is 0 Å². The number of hydrogen-bond donors (Lipinski definition) is 1. The normalized spacial score (nSPS) is 12.6. The second-order valence-electron chi connectivity index (χ2n) is 4.22. The van der Waals surface area contributed by atoms with Gasteiger partial charge in [-0.3, -0.25) is 0 Å². The molecule has 0 saturated carbocycles. The summed E-state index contributed by atoms with van der Waals surface area (Å²) in [6, 6.07) is 10.3. The zero-order valence-electron chi connectivity index (χ0n) is 11.5. The number of hydrogen-bond acceptors (Lipinski definition) is 3. The van der Waals surface area contributed by atoms with Gasteiger partial charge in [0.05, 0.1) is 12.7 Å². The molecule has 0 amide bonds. The largest absolute Gasteiger partial charge is 0.382 e. The van der Waals surface area contributed by atoms with Crippen molar-refractivity contribution < 1.29 is 9.47 Å². The highest BCUT2D eigenvalue weighted by atomic mass is 16.5. The predicted octanol–water partition coefficient (Wildman–Crippen LogP) is 2.78. The van der Waals surface area contributed by atoms with Crippen molar-refractivity contribution in [3.63, 3.8) is 0 Å². The molecule has 1 atom stereocenters. The summed E-state index contributed by atoms with van der Waals surface area (Å²) < 4.78 is 11.0. The maximum Gasteiger partial charge on any atom is 0.0797 e. The second kappa shape index (κ2) is 10.1. The lowest BCUT2D eigenvalue weighted by Crippen LogP contribution is -2.22. The summed E-state index contributed by atoms with van der Waals surface area (Å²) in [7, 11) is 0. The van der Waals surface area contributed by atoms with Gasteiger partial charge in [-0.2, -0.15) is 0 Å². The molecule has 0 fully saturated rings. The Bertz CT molecular complexity index is 290. The Hall–Kier alpha value is -0.900. The molecule has 0 bridgehead atoms. The van der Waals surface area contributed by atoms with Crippen molar-refractivity contribution in [3.05, 3.63) is 35.9 Å². The Kier molecular flexibility index (Phi) is 8.47. The zero-order chi connectivity index (χ0) is 13.1. The number of ether oxygens (including phenoxy) is 2. The maximum absolute atomic E-state index is 5.76. The molecule has 0 aliphatic rings. The summed E-state index contributed by atoms with van der Waals surface area (Å²) in [6.07, 6.45) is 1.22. The topological polar surface area (TPSA) is 30.5 Å². The van der Waals surface area contributed by atoms with E-state index in [0.29, 0.717) is 0 Å². The predicted molar refractivity (Wildman–Crippen MR) is 74.8 cm³/mol. The first-order valence-corrected chi connectivity index (χ1v) is 6.79. The zero-order valence-corrected chi connectivity index (χ0v) is 11.5. The minimum absolute atomic E-state index is 0.163. The molecule has 0 aliphatic heterocycles. The molecule has 3 nitrogen and oxygen atoms in total. The van der Waals surface area contributed by atoms with Crippen molar-refractivity contribution in [1.29, 1.82) is 0 Å². The van der Waals surface area contributed by atoms with Crippen LogP contribution in [0.1, 0.15) is 31.9 Å². The molecule has 3 heteroatoms. The average Bonchev–Trinajstić information content (AvgIpc) is 2.42. The Balaban J connectivity index is 1.98. The highest BCUT2D eigenvalue weighted by Crippen LogP contribution is 2.14. The molecule has 1 unspecified atom stereocenters. The fourth-order valence-electron chi connectivity index (χ4n) is 1.70. The van der Waals surface area contributed by atoms with Gasteiger partial charge in [0, 0.05) is 19.8 Å². The first kappa shape index (κ1) is 15.2. The first-order valence-electron chi connectivity index (χ1n) is 6.79. The molecule has 102 valence electrons. The number of rotatable bonds is 10. The van der Waals surface area contributed by atoms with Crippen molar-refractivity contribution in [1.82, 2.24) is 5.32 Å². The van der Waals surface area contributed by atoms with Crippen LogP contribution in [0.15, 0.2) is 30.3 Å². The van der Waals surface area contributed by atoms with Gasteiger partial charge < -0.3 is 14.8 Å². The number of nitrogens with one attached hydrogen (secondary N) is 1. The van der Waals surface area contributed by atoms with Crippen LogP contribution in [-0.4, -0.2) is 32.9 Å². The van der Waals surface area contributed by atoms with Crippen molar-refractivity contribution in [2.75, 3.05) is 32.9 Å². The van der Waals surface area contributed by atoms with Crippen LogP contribution in [0.4, 0.5) is 0 Å². The van der Waals surface area contributed by atoms with E-state index in [-0.39, 0.29) is 6.10 Å². The third kappa shape index (κ3) is 6.74. The molecule has 1 N–H and O–H groups in total. The molecule has 18 heavy (non-hydrogen) atoms. The molecule has 0 radical (unpaired) electrons. The SMILES string of the molecule is CCOCCCNCCOC(C)c1ccccc1. The molecule has 0 heterocycles. The minimum atomic E-state index is 0.163. The van der Waals surface area contributed by atoms with Gasteiger partial charge in [0.2, 0.25) is 0 Å². The molecule has 1 rings (SSSR count). The van der Waals surface area contributed by atoms with E-state index < -0.39 is 0 Å². The lowest BCUT2D eigenvalue weighted by atomic mass is 10.1. The van der Waals surface area contributed by atoms with Crippen molar-refractivity contribution in [3.8, 4) is 0 Å². The summed E-state index contributed by atoms with van der Waals surface area (Å²) in [4.78, 5) is 0.